The Balaban J connectivity index is 2.39. The normalized spacial score (nSPS) is 23.5. The maximum Gasteiger partial charge on any atom is 0.228 e. The molecular weight excluding hydrogens is 218 g/mol. The third kappa shape index (κ3) is 2.11. The van der Waals surface area contributed by atoms with E-state index in [9.17, 15) is 0 Å². The number of aliphatic imine (C=N–C) groups is 1. The van der Waals surface area contributed by atoms with E-state index >= 15 is 0 Å². The fourth-order valence-electron chi connectivity index (χ4n) is 1.63. The minimum Gasteiger partial charge on any atom is -0.293 e. The van der Waals surface area contributed by atoms with Crippen molar-refractivity contribution in [1.29, 1.82) is 0 Å². The first-order chi connectivity index (χ1) is 8.19. The molecule has 7 N–H and O–H groups in total. The molecule has 90 valence electrons. The predicted molar refractivity (Wildman–Crippen MR) is 66.6 cm³/mol. The van der Waals surface area contributed by atoms with E-state index in [4.69, 9.17) is 11.7 Å². The Hall–Kier alpha value is -1.96. The first-order valence-electron chi connectivity index (χ1n) is 5.13. The molecule has 1 heterocycles. The van der Waals surface area contributed by atoms with Crippen LogP contribution in [0.25, 0.3) is 0 Å². The molecular formula is C10H15N7. The molecule has 0 aromatic heterocycles. The zero-order valence-corrected chi connectivity index (χ0v) is 9.44. The molecule has 0 radical (unpaired) electrons. The van der Waals surface area contributed by atoms with Gasteiger partial charge in [0.2, 0.25) is 5.96 Å². The monoisotopic (exact) mass is 233 g/mol. The second-order valence-corrected chi connectivity index (χ2v) is 3.76. The number of nitrogens with one attached hydrogen (secondary N) is 3. The predicted octanol–water partition coefficient (Wildman–Crippen LogP) is -1.01. The maximum absolute atomic E-state index is 5.55. The second-order valence-electron chi connectivity index (χ2n) is 3.76. The number of nitrogens with zero attached hydrogens (tertiary/aromatic N) is 2. The minimum absolute atomic E-state index is 0.352. The molecule has 1 aromatic rings. The van der Waals surface area contributed by atoms with E-state index in [-0.39, 0.29) is 0 Å². The van der Waals surface area contributed by atoms with Crippen molar-refractivity contribution in [3.8, 4) is 0 Å². The first kappa shape index (κ1) is 11.5. The average molecular weight is 233 g/mol. The molecule has 1 aromatic carbocycles. The van der Waals surface area contributed by atoms with Crippen LogP contribution in [0.4, 0.5) is 0 Å². The molecule has 0 amide bonds. The number of hydrogen-bond donors (Lipinski definition) is 5. The smallest absolute Gasteiger partial charge is 0.228 e. The number of hydrazone groups is 1. The van der Waals surface area contributed by atoms with Crippen LogP contribution >= 0.6 is 0 Å². The lowest BCUT2D eigenvalue weighted by molar-refractivity contribution is 0.487. The lowest BCUT2D eigenvalue weighted by atomic mass is 9.99. The van der Waals surface area contributed by atoms with Crippen molar-refractivity contribution in [2.24, 2.45) is 21.8 Å². The van der Waals surface area contributed by atoms with Gasteiger partial charge in [0.1, 0.15) is 5.71 Å². The molecule has 0 saturated carbocycles. The van der Waals surface area contributed by atoms with Gasteiger partial charge < -0.3 is 0 Å². The van der Waals surface area contributed by atoms with Crippen molar-refractivity contribution in [2.45, 2.75) is 12.6 Å². The number of guanidine groups is 1. The van der Waals surface area contributed by atoms with Crippen LogP contribution in [0.3, 0.4) is 0 Å². The van der Waals surface area contributed by atoms with Gasteiger partial charge in [-0.3, -0.25) is 11.3 Å². The van der Waals surface area contributed by atoms with Crippen LogP contribution in [-0.2, 0) is 0 Å². The third-order valence-corrected chi connectivity index (χ3v) is 2.54. The summed E-state index contributed by atoms with van der Waals surface area (Å²) in [6.45, 7) is 1.82. The van der Waals surface area contributed by atoms with E-state index in [2.05, 4.69) is 26.4 Å². The number of hydrogen-bond acceptors (Lipinski definition) is 7. The van der Waals surface area contributed by atoms with Gasteiger partial charge in [0.05, 0.1) is 0 Å². The highest BCUT2D eigenvalue weighted by molar-refractivity contribution is 6.09. The quantitative estimate of drug-likeness (QED) is 0.332. The molecule has 7 heteroatoms. The van der Waals surface area contributed by atoms with Gasteiger partial charge in [0.15, 0.2) is 5.66 Å². The molecule has 0 fully saturated rings. The van der Waals surface area contributed by atoms with Gasteiger partial charge in [-0.05, 0) is 6.92 Å². The Morgan fingerprint density at radius 2 is 1.94 bits per heavy atom. The van der Waals surface area contributed by atoms with Gasteiger partial charge in [-0.1, -0.05) is 30.3 Å². The standard InChI is InChI=1S/C10H15N7/c1-10(17-12)8(7-5-3-2-4-6-7)15-16-9(13-10)14-11/h2-6,17H,11-12H2,1H3,(H2,13,14,16). The topological polar surface area (TPSA) is 113 Å². The van der Waals surface area contributed by atoms with Crippen molar-refractivity contribution in [1.82, 2.24) is 16.3 Å². The number of hydrazine groups is 2. The Kier molecular flexibility index (Phi) is 3.05. The average Bonchev–Trinajstić information content (AvgIpc) is 2.39. The van der Waals surface area contributed by atoms with Crippen LogP contribution in [0, 0.1) is 0 Å². The summed E-state index contributed by atoms with van der Waals surface area (Å²) < 4.78 is 0. The van der Waals surface area contributed by atoms with Crippen LogP contribution < -0.4 is 28.0 Å². The van der Waals surface area contributed by atoms with Gasteiger partial charge in [-0.25, -0.2) is 21.7 Å². The molecule has 0 saturated heterocycles. The van der Waals surface area contributed by atoms with Crippen molar-refractivity contribution in [3.63, 3.8) is 0 Å². The summed E-state index contributed by atoms with van der Waals surface area (Å²) in [6.07, 6.45) is 0. The molecule has 1 unspecified atom stereocenters. The molecule has 0 spiro atoms. The maximum atomic E-state index is 5.55. The number of rotatable bonds is 2. The largest absolute Gasteiger partial charge is 0.293 e. The Morgan fingerprint density at radius 3 is 2.53 bits per heavy atom. The molecule has 17 heavy (non-hydrogen) atoms. The minimum atomic E-state index is -0.825. The van der Waals surface area contributed by atoms with Crippen molar-refractivity contribution in [3.05, 3.63) is 35.9 Å². The van der Waals surface area contributed by atoms with E-state index in [1.54, 1.807) is 0 Å². The second kappa shape index (κ2) is 4.50. The van der Waals surface area contributed by atoms with E-state index in [1.807, 2.05) is 37.3 Å². The van der Waals surface area contributed by atoms with Crippen molar-refractivity contribution >= 4 is 11.7 Å². The van der Waals surface area contributed by atoms with Gasteiger partial charge in [-0.2, -0.15) is 5.10 Å². The number of nitrogens with two attached hydrogens (primary N) is 2. The van der Waals surface area contributed by atoms with E-state index in [1.165, 1.54) is 0 Å². The fourth-order valence-corrected chi connectivity index (χ4v) is 1.63. The highest BCUT2D eigenvalue weighted by Gasteiger charge is 2.33. The third-order valence-electron chi connectivity index (χ3n) is 2.54. The zero-order valence-electron chi connectivity index (χ0n) is 9.44. The fraction of sp³-hybridized carbons (Fsp3) is 0.200. The van der Waals surface area contributed by atoms with Crippen LogP contribution in [0.1, 0.15) is 12.5 Å². The molecule has 1 aliphatic rings. The summed E-state index contributed by atoms with van der Waals surface area (Å²) in [7, 11) is 0. The Labute approximate surface area is 98.9 Å². The van der Waals surface area contributed by atoms with Crippen LogP contribution in [0.5, 0.6) is 0 Å². The Morgan fingerprint density at radius 1 is 1.24 bits per heavy atom. The summed E-state index contributed by atoms with van der Waals surface area (Å²) in [6, 6.07) is 9.66. The van der Waals surface area contributed by atoms with Gasteiger partial charge in [0, 0.05) is 5.56 Å². The summed E-state index contributed by atoms with van der Waals surface area (Å²) in [4.78, 5) is 4.31. The highest BCUT2D eigenvalue weighted by Crippen LogP contribution is 2.17. The van der Waals surface area contributed by atoms with Crippen molar-refractivity contribution < 1.29 is 0 Å². The van der Waals surface area contributed by atoms with Crippen LogP contribution in [0.15, 0.2) is 40.4 Å². The number of benzene rings is 1. The molecule has 1 aliphatic heterocycles. The van der Waals surface area contributed by atoms with Crippen LogP contribution in [-0.4, -0.2) is 17.3 Å². The van der Waals surface area contributed by atoms with Gasteiger partial charge in [0.25, 0.3) is 0 Å². The van der Waals surface area contributed by atoms with Crippen LogP contribution in [0.2, 0.25) is 0 Å². The van der Waals surface area contributed by atoms with Gasteiger partial charge >= 0.3 is 0 Å². The molecule has 2 rings (SSSR count). The van der Waals surface area contributed by atoms with E-state index in [0.29, 0.717) is 11.7 Å². The SMILES string of the molecule is CC1(NN)N=C(NN)NN=C1c1ccccc1. The lowest BCUT2D eigenvalue weighted by Crippen LogP contribution is -2.58. The highest BCUT2D eigenvalue weighted by atomic mass is 15.5. The molecule has 0 bridgehead atoms. The molecule has 1 atom stereocenters. The summed E-state index contributed by atoms with van der Waals surface area (Å²) in [5.74, 6) is 11.2. The van der Waals surface area contributed by atoms with Gasteiger partial charge in [-0.15, -0.1) is 0 Å². The first-order valence-corrected chi connectivity index (χ1v) is 5.13. The zero-order chi connectivity index (χ0) is 12.3. The Bertz CT molecular complexity index is 453. The lowest BCUT2D eigenvalue weighted by Gasteiger charge is -2.30. The molecule has 0 aliphatic carbocycles. The van der Waals surface area contributed by atoms with E-state index in [0.717, 1.165) is 5.56 Å². The summed E-state index contributed by atoms with van der Waals surface area (Å²) >= 11 is 0. The summed E-state index contributed by atoms with van der Waals surface area (Å²) in [5.41, 5.74) is 8.55. The van der Waals surface area contributed by atoms with Crippen molar-refractivity contribution in [2.75, 3.05) is 0 Å². The summed E-state index contributed by atoms with van der Waals surface area (Å²) in [5, 5.41) is 4.23. The molecule has 7 nitrogen and oxygen atoms in total. The van der Waals surface area contributed by atoms with E-state index < -0.39 is 5.66 Å².